The second kappa shape index (κ2) is 4.95. The standard InChI is InChI=1S/C10H18N2O2S/c1-9(7-11)8-12(2)15(13,14)10-5-3-4-6-10/h9-10H,3-6,8H2,1-2H3. The molecule has 0 aromatic rings. The average molecular weight is 230 g/mol. The monoisotopic (exact) mass is 230 g/mol. The summed E-state index contributed by atoms with van der Waals surface area (Å²) < 4.78 is 25.3. The summed E-state index contributed by atoms with van der Waals surface area (Å²) in [5.74, 6) is -0.244. The van der Waals surface area contributed by atoms with Gasteiger partial charge in [0, 0.05) is 13.6 Å². The Morgan fingerprint density at radius 1 is 1.47 bits per heavy atom. The molecule has 1 atom stereocenters. The van der Waals surface area contributed by atoms with E-state index in [9.17, 15) is 8.42 Å². The Hall–Kier alpha value is -0.600. The minimum Gasteiger partial charge on any atom is -0.212 e. The van der Waals surface area contributed by atoms with Crippen molar-refractivity contribution in [1.82, 2.24) is 4.31 Å². The Morgan fingerprint density at radius 3 is 2.47 bits per heavy atom. The third-order valence-electron chi connectivity index (χ3n) is 2.91. The zero-order valence-electron chi connectivity index (χ0n) is 9.31. The first-order valence-electron chi connectivity index (χ1n) is 5.33. The van der Waals surface area contributed by atoms with Gasteiger partial charge in [0.05, 0.1) is 17.2 Å². The Balaban J connectivity index is 2.65. The highest BCUT2D eigenvalue weighted by Gasteiger charge is 2.32. The molecule has 1 aliphatic carbocycles. The lowest BCUT2D eigenvalue weighted by molar-refractivity contribution is 0.430. The van der Waals surface area contributed by atoms with Gasteiger partial charge in [0.2, 0.25) is 10.0 Å². The Morgan fingerprint density at radius 2 is 2.00 bits per heavy atom. The van der Waals surface area contributed by atoms with Crippen molar-refractivity contribution in [2.24, 2.45) is 5.92 Å². The number of sulfonamides is 1. The summed E-state index contributed by atoms with van der Waals surface area (Å²) in [5, 5.41) is 8.43. The van der Waals surface area contributed by atoms with E-state index in [4.69, 9.17) is 5.26 Å². The Labute approximate surface area is 91.9 Å². The molecular weight excluding hydrogens is 212 g/mol. The maximum atomic E-state index is 12.0. The van der Waals surface area contributed by atoms with Gasteiger partial charge in [-0.15, -0.1) is 0 Å². The maximum Gasteiger partial charge on any atom is 0.216 e. The van der Waals surface area contributed by atoms with Crippen molar-refractivity contribution in [2.45, 2.75) is 37.9 Å². The zero-order valence-corrected chi connectivity index (χ0v) is 10.1. The van der Waals surface area contributed by atoms with Crippen LogP contribution in [0.15, 0.2) is 0 Å². The molecule has 86 valence electrons. The van der Waals surface area contributed by atoms with Gasteiger partial charge in [-0.05, 0) is 19.8 Å². The number of nitriles is 1. The molecule has 15 heavy (non-hydrogen) atoms. The van der Waals surface area contributed by atoms with Crippen molar-refractivity contribution in [1.29, 1.82) is 5.26 Å². The third-order valence-corrected chi connectivity index (χ3v) is 5.24. The molecule has 1 fully saturated rings. The van der Waals surface area contributed by atoms with E-state index in [0.717, 1.165) is 25.7 Å². The van der Waals surface area contributed by atoms with E-state index in [0.29, 0.717) is 6.54 Å². The molecule has 0 N–H and O–H groups in total. The zero-order chi connectivity index (χ0) is 11.5. The first-order valence-corrected chi connectivity index (χ1v) is 6.83. The second-order valence-electron chi connectivity index (χ2n) is 4.26. The second-order valence-corrected chi connectivity index (χ2v) is 6.58. The summed E-state index contributed by atoms with van der Waals surface area (Å²) in [4.78, 5) is 0. The van der Waals surface area contributed by atoms with Crippen LogP contribution >= 0.6 is 0 Å². The van der Waals surface area contributed by atoms with Crippen molar-refractivity contribution in [2.75, 3.05) is 13.6 Å². The van der Waals surface area contributed by atoms with Gasteiger partial charge in [-0.1, -0.05) is 12.8 Å². The summed E-state index contributed by atoms with van der Waals surface area (Å²) in [6, 6.07) is 2.05. The van der Waals surface area contributed by atoms with Gasteiger partial charge in [0.1, 0.15) is 0 Å². The fourth-order valence-corrected chi connectivity index (χ4v) is 3.84. The van der Waals surface area contributed by atoms with Crippen molar-refractivity contribution >= 4 is 10.0 Å². The normalized spacial score (nSPS) is 20.4. The minimum absolute atomic E-state index is 0.214. The molecule has 1 unspecified atom stereocenters. The lowest BCUT2D eigenvalue weighted by Crippen LogP contribution is -2.37. The SMILES string of the molecule is CC(C#N)CN(C)S(=O)(=O)C1CCCC1. The highest BCUT2D eigenvalue weighted by molar-refractivity contribution is 7.89. The number of nitrogens with zero attached hydrogens (tertiary/aromatic N) is 2. The first-order chi connectivity index (χ1) is 6.98. The molecule has 0 aliphatic heterocycles. The van der Waals surface area contributed by atoms with Gasteiger partial charge in [0.15, 0.2) is 0 Å². The van der Waals surface area contributed by atoms with Crippen molar-refractivity contribution in [3.05, 3.63) is 0 Å². The molecule has 5 heteroatoms. The number of hydrogen-bond acceptors (Lipinski definition) is 3. The number of hydrogen-bond donors (Lipinski definition) is 0. The Bertz CT molecular complexity index is 339. The van der Waals surface area contributed by atoms with Crippen LogP contribution in [0.4, 0.5) is 0 Å². The van der Waals surface area contributed by atoms with E-state index in [1.54, 1.807) is 14.0 Å². The topological polar surface area (TPSA) is 61.2 Å². The van der Waals surface area contributed by atoms with Crippen LogP contribution in [0.1, 0.15) is 32.6 Å². The van der Waals surface area contributed by atoms with Crippen LogP contribution < -0.4 is 0 Å². The van der Waals surface area contributed by atoms with Crippen LogP contribution in [0.3, 0.4) is 0 Å². The van der Waals surface area contributed by atoms with Crippen LogP contribution in [0, 0.1) is 17.2 Å². The van der Waals surface area contributed by atoms with Crippen molar-refractivity contribution in [3.8, 4) is 6.07 Å². The van der Waals surface area contributed by atoms with Crippen LogP contribution in [0.2, 0.25) is 0 Å². The lowest BCUT2D eigenvalue weighted by atomic mass is 10.2. The van der Waals surface area contributed by atoms with Crippen LogP contribution in [0.5, 0.6) is 0 Å². The predicted molar refractivity (Wildman–Crippen MR) is 58.6 cm³/mol. The van der Waals surface area contributed by atoms with Gasteiger partial charge >= 0.3 is 0 Å². The van der Waals surface area contributed by atoms with Crippen LogP contribution in [0.25, 0.3) is 0 Å². The fourth-order valence-electron chi connectivity index (χ4n) is 1.97. The van der Waals surface area contributed by atoms with E-state index in [-0.39, 0.29) is 11.2 Å². The molecule has 0 aromatic carbocycles. The van der Waals surface area contributed by atoms with E-state index in [2.05, 4.69) is 6.07 Å². The van der Waals surface area contributed by atoms with E-state index < -0.39 is 10.0 Å². The summed E-state index contributed by atoms with van der Waals surface area (Å²) in [5.41, 5.74) is 0. The van der Waals surface area contributed by atoms with Gasteiger partial charge in [-0.2, -0.15) is 5.26 Å². The van der Waals surface area contributed by atoms with Gasteiger partial charge in [0.25, 0.3) is 0 Å². The summed E-state index contributed by atoms with van der Waals surface area (Å²) >= 11 is 0. The summed E-state index contributed by atoms with van der Waals surface area (Å²) in [6.45, 7) is 2.04. The molecule has 0 spiro atoms. The summed E-state index contributed by atoms with van der Waals surface area (Å²) in [6.07, 6.45) is 3.55. The first kappa shape index (κ1) is 12.5. The minimum atomic E-state index is -3.16. The van der Waals surface area contributed by atoms with Gasteiger partial charge in [-0.3, -0.25) is 0 Å². The van der Waals surface area contributed by atoms with Gasteiger partial charge < -0.3 is 0 Å². The summed E-state index contributed by atoms with van der Waals surface area (Å²) in [7, 11) is -1.59. The smallest absolute Gasteiger partial charge is 0.212 e. The maximum absolute atomic E-state index is 12.0. The number of rotatable bonds is 4. The fraction of sp³-hybridized carbons (Fsp3) is 0.900. The lowest BCUT2D eigenvalue weighted by Gasteiger charge is -2.22. The molecule has 1 rings (SSSR count). The van der Waals surface area contributed by atoms with E-state index >= 15 is 0 Å². The molecule has 0 heterocycles. The van der Waals surface area contributed by atoms with Crippen molar-refractivity contribution in [3.63, 3.8) is 0 Å². The average Bonchev–Trinajstić information content (AvgIpc) is 2.70. The predicted octanol–water partition coefficient (Wildman–Crippen LogP) is 1.35. The highest BCUT2D eigenvalue weighted by atomic mass is 32.2. The Kier molecular flexibility index (Phi) is 4.12. The molecule has 0 radical (unpaired) electrons. The molecule has 0 aromatic heterocycles. The van der Waals surface area contributed by atoms with E-state index in [1.807, 2.05) is 0 Å². The molecule has 1 aliphatic rings. The largest absolute Gasteiger partial charge is 0.216 e. The third kappa shape index (κ3) is 2.93. The van der Waals surface area contributed by atoms with Gasteiger partial charge in [-0.25, -0.2) is 12.7 Å². The molecule has 0 saturated heterocycles. The highest BCUT2D eigenvalue weighted by Crippen LogP contribution is 2.26. The van der Waals surface area contributed by atoms with Crippen LogP contribution in [-0.4, -0.2) is 31.6 Å². The van der Waals surface area contributed by atoms with Crippen LogP contribution in [-0.2, 0) is 10.0 Å². The molecule has 1 saturated carbocycles. The quantitative estimate of drug-likeness (QED) is 0.732. The molecule has 4 nitrogen and oxygen atoms in total. The van der Waals surface area contributed by atoms with Crippen molar-refractivity contribution < 1.29 is 8.42 Å². The van der Waals surface area contributed by atoms with E-state index in [1.165, 1.54) is 4.31 Å². The molecule has 0 amide bonds. The molecule has 0 bridgehead atoms. The molecular formula is C10H18N2O2S.